The minimum atomic E-state index is 1.08. The molecule has 0 radical (unpaired) electrons. The van der Waals surface area contributed by atoms with Gasteiger partial charge < -0.3 is 0 Å². The largest absolute Gasteiger partial charge is 0.222 e. The Morgan fingerprint density at radius 1 is 1.13 bits per heavy atom. The van der Waals surface area contributed by atoms with E-state index in [1.54, 1.807) is 11.3 Å². The van der Waals surface area contributed by atoms with Crippen molar-refractivity contribution in [3.05, 3.63) is 16.4 Å². The van der Waals surface area contributed by atoms with Crippen LogP contribution in [0.1, 0.15) is 42.1 Å². The van der Waals surface area contributed by atoms with E-state index in [2.05, 4.69) is 16.5 Å². The molecule has 0 atom stereocenters. The third kappa shape index (κ3) is 1.57. The zero-order chi connectivity index (χ0) is 10.3. The zero-order valence-corrected chi connectivity index (χ0v) is 9.81. The van der Waals surface area contributed by atoms with Crippen LogP contribution in [0.4, 0.5) is 0 Å². The Balaban J connectivity index is 2.13. The number of aromatic nitrogens is 3. The molecule has 3 nitrogen and oxygen atoms in total. The number of hydrogen-bond acceptors (Lipinski definition) is 3. The van der Waals surface area contributed by atoms with Crippen molar-refractivity contribution in [3.8, 4) is 0 Å². The van der Waals surface area contributed by atoms with Crippen LogP contribution in [0.15, 0.2) is 0 Å². The van der Waals surface area contributed by atoms with Crippen molar-refractivity contribution in [2.75, 3.05) is 0 Å². The zero-order valence-electron chi connectivity index (χ0n) is 8.99. The maximum atomic E-state index is 4.69. The van der Waals surface area contributed by atoms with E-state index in [0.717, 1.165) is 22.8 Å². The van der Waals surface area contributed by atoms with Gasteiger partial charge >= 0.3 is 0 Å². The van der Waals surface area contributed by atoms with Crippen LogP contribution in [0.3, 0.4) is 0 Å². The molecule has 0 N–H and O–H groups in total. The van der Waals surface area contributed by atoms with Crippen LogP contribution in [-0.4, -0.2) is 14.6 Å². The van der Waals surface area contributed by atoms with E-state index < -0.39 is 0 Å². The molecule has 0 saturated carbocycles. The van der Waals surface area contributed by atoms with Crippen molar-refractivity contribution in [1.82, 2.24) is 14.6 Å². The lowest BCUT2D eigenvalue weighted by molar-refractivity contribution is 0.600. The molecule has 3 rings (SSSR count). The molecule has 1 aliphatic carbocycles. The lowest BCUT2D eigenvalue weighted by atomic mass is 10.0. The predicted octanol–water partition coefficient (Wildman–Crippen LogP) is 2.76. The number of imidazole rings is 1. The van der Waals surface area contributed by atoms with Gasteiger partial charge in [-0.3, -0.25) is 0 Å². The van der Waals surface area contributed by atoms with Gasteiger partial charge in [-0.05, 0) is 32.6 Å². The summed E-state index contributed by atoms with van der Waals surface area (Å²) in [7, 11) is 0. The first-order valence-corrected chi connectivity index (χ1v) is 6.50. The topological polar surface area (TPSA) is 30.2 Å². The molecule has 0 fully saturated rings. The van der Waals surface area contributed by atoms with E-state index in [4.69, 9.17) is 4.98 Å². The van der Waals surface area contributed by atoms with Gasteiger partial charge in [-0.2, -0.15) is 5.10 Å². The second kappa shape index (κ2) is 3.59. The van der Waals surface area contributed by atoms with Crippen molar-refractivity contribution in [2.45, 2.75) is 45.4 Å². The summed E-state index contributed by atoms with van der Waals surface area (Å²) < 4.78 is 2.07. The quantitative estimate of drug-likeness (QED) is 0.684. The fourth-order valence-electron chi connectivity index (χ4n) is 2.32. The molecule has 4 heteroatoms. The summed E-state index contributed by atoms with van der Waals surface area (Å²) >= 11 is 1.70. The van der Waals surface area contributed by atoms with Crippen LogP contribution in [0.25, 0.3) is 4.96 Å². The molecule has 2 heterocycles. The first kappa shape index (κ1) is 9.33. The van der Waals surface area contributed by atoms with Gasteiger partial charge in [-0.1, -0.05) is 24.2 Å². The number of aryl methyl sites for hydroxylation is 3. The normalized spacial score (nSPS) is 17.4. The Bertz CT molecular complexity index is 483. The second-order valence-electron chi connectivity index (χ2n) is 4.23. The molecule has 2 aromatic rings. The predicted molar refractivity (Wildman–Crippen MR) is 61.5 cm³/mol. The van der Waals surface area contributed by atoms with Crippen LogP contribution in [0, 0.1) is 6.92 Å². The first-order chi connectivity index (χ1) is 7.34. The highest BCUT2D eigenvalue weighted by Gasteiger charge is 2.16. The summed E-state index contributed by atoms with van der Waals surface area (Å²) in [4.78, 5) is 5.78. The van der Waals surface area contributed by atoms with Crippen LogP contribution in [0.2, 0.25) is 0 Å². The second-order valence-corrected chi connectivity index (χ2v) is 5.39. The summed E-state index contributed by atoms with van der Waals surface area (Å²) in [5.41, 5.74) is 2.67. The molecule has 0 spiro atoms. The Kier molecular flexibility index (Phi) is 2.24. The molecule has 0 bridgehead atoms. The first-order valence-electron chi connectivity index (χ1n) is 5.68. The molecular formula is C11H15N3S. The van der Waals surface area contributed by atoms with Gasteiger partial charge in [-0.15, -0.1) is 0 Å². The molecular weight excluding hydrogens is 206 g/mol. The molecule has 2 aromatic heterocycles. The lowest BCUT2D eigenvalue weighted by Gasteiger charge is -2.07. The monoisotopic (exact) mass is 221 g/mol. The Labute approximate surface area is 93.1 Å². The van der Waals surface area contributed by atoms with E-state index in [1.807, 2.05) is 0 Å². The van der Waals surface area contributed by atoms with Crippen LogP contribution >= 0.6 is 11.3 Å². The lowest BCUT2D eigenvalue weighted by Crippen LogP contribution is -2.02. The highest BCUT2D eigenvalue weighted by atomic mass is 32.1. The third-order valence-corrected chi connectivity index (χ3v) is 3.88. The summed E-state index contributed by atoms with van der Waals surface area (Å²) in [6.45, 7) is 2.05. The number of fused-ring (bicyclic) bond motifs is 3. The van der Waals surface area contributed by atoms with Crippen LogP contribution in [-0.2, 0) is 12.8 Å². The summed E-state index contributed by atoms with van der Waals surface area (Å²) in [6, 6.07) is 0. The minimum Gasteiger partial charge on any atom is -0.222 e. The Morgan fingerprint density at radius 2 is 1.93 bits per heavy atom. The van der Waals surface area contributed by atoms with Gasteiger partial charge in [0.05, 0.1) is 11.4 Å². The SMILES string of the molecule is Cc1nn2c3c(nc2s1)CCCCCC3. The maximum Gasteiger partial charge on any atom is 0.212 e. The molecule has 0 aromatic carbocycles. The number of nitrogens with zero attached hydrogens (tertiary/aromatic N) is 3. The highest BCUT2D eigenvalue weighted by Crippen LogP contribution is 2.23. The molecule has 1 aliphatic rings. The van der Waals surface area contributed by atoms with Crippen molar-refractivity contribution in [1.29, 1.82) is 0 Å². The summed E-state index contributed by atoms with van der Waals surface area (Å²) in [5, 5.41) is 5.64. The average molecular weight is 221 g/mol. The maximum absolute atomic E-state index is 4.69. The van der Waals surface area contributed by atoms with Gasteiger partial charge in [0.25, 0.3) is 0 Å². The van der Waals surface area contributed by atoms with E-state index in [-0.39, 0.29) is 0 Å². The highest BCUT2D eigenvalue weighted by molar-refractivity contribution is 7.16. The fourth-order valence-corrected chi connectivity index (χ4v) is 3.10. The number of rotatable bonds is 0. The van der Waals surface area contributed by atoms with Crippen LogP contribution in [0.5, 0.6) is 0 Å². The van der Waals surface area contributed by atoms with Gasteiger partial charge in [0.15, 0.2) is 0 Å². The number of hydrogen-bond donors (Lipinski definition) is 0. The summed E-state index contributed by atoms with van der Waals surface area (Å²) in [6.07, 6.45) is 7.59. The molecule has 0 saturated heterocycles. The van der Waals surface area contributed by atoms with Crippen molar-refractivity contribution >= 4 is 16.3 Å². The van der Waals surface area contributed by atoms with Crippen molar-refractivity contribution < 1.29 is 0 Å². The van der Waals surface area contributed by atoms with E-state index in [0.29, 0.717) is 0 Å². The van der Waals surface area contributed by atoms with Gasteiger partial charge in [0.1, 0.15) is 5.01 Å². The average Bonchev–Trinajstić information content (AvgIpc) is 2.63. The summed E-state index contributed by atoms with van der Waals surface area (Å²) in [5.74, 6) is 0. The van der Waals surface area contributed by atoms with E-state index >= 15 is 0 Å². The smallest absolute Gasteiger partial charge is 0.212 e. The Morgan fingerprint density at radius 3 is 2.80 bits per heavy atom. The van der Waals surface area contributed by atoms with Gasteiger partial charge in [-0.25, -0.2) is 9.50 Å². The third-order valence-electron chi connectivity index (χ3n) is 3.06. The fraction of sp³-hybridized carbons (Fsp3) is 0.636. The van der Waals surface area contributed by atoms with Gasteiger partial charge in [0, 0.05) is 0 Å². The molecule has 0 aliphatic heterocycles. The molecule has 80 valence electrons. The molecule has 0 amide bonds. The Hall–Kier alpha value is -0.900. The van der Waals surface area contributed by atoms with E-state index in [1.165, 1.54) is 37.1 Å². The van der Waals surface area contributed by atoms with E-state index in [9.17, 15) is 0 Å². The van der Waals surface area contributed by atoms with Crippen molar-refractivity contribution in [2.24, 2.45) is 0 Å². The standard InChI is InChI=1S/C11H15N3S/c1-8-13-14-10-7-5-3-2-4-6-9(10)12-11(14)15-8/h2-7H2,1H3. The molecule has 0 unspecified atom stereocenters. The van der Waals surface area contributed by atoms with Crippen molar-refractivity contribution in [3.63, 3.8) is 0 Å². The van der Waals surface area contributed by atoms with Crippen LogP contribution < -0.4 is 0 Å². The minimum absolute atomic E-state index is 1.08. The molecule has 15 heavy (non-hydrogen) atoms. The van der Waals surface area contributed by atoms with Gasteiger partial charge in [0.2, 0.25) is 4.96 Å².